The standard InChI is InChI=1S/C9H9NO2/c1-6-4-7(9(10)12)2-3-8(6)5-11/h2-5H,1H3,(H2,10,12). The first kappa shape index (κ1) is 8.46. The highest BCUT2D eigenvalue weighted by molar-refractivity contribution is 5.94. The Kier molecular flexibility index (Phi) is 2.24. The lowest BCUT2D eigenvalue weighted by molar-refractivity contribution is 0.0999. The van der Waals surface area contributed by atoms with Gasteiger partial charge in [0.1, 0.15) is 6.29 Å². The lowest BCUT2D eigenvalue weighted by Gasteiger charge is -1.99. The Morgan fingerprint density at radius 3 is 2.58 bits per heavy atom. The fraction of sp³-hybridized carbons (Fsp3) is 0.111. The summed E-state index contributed by atoms with van der Waals surface area (Å²) in [5, 5.41) is 0. The average molecular weight is 163 g/mol. The van der Waals surface area contributed by atoms with Gasteiger partial charge in [-0.15, -0.1) is 0 Å². The molecule has 0 radical (unpaired) electrons. The van der Waals surface area contributed by atoms with Gasteiger partial charge in [0, 0.05) is 11.1 Å². The third kappa shape index (κ3) is 1.50. The van der Waals surface area contributed by atoms with Crippen molar-refractivity contribution >= 4 is 12.2 Å². The van der Waals surface area contributed by atoms with Crippen LogP contribution in [0.4, 0.5) is 0 Å². The Hall–Kier alpha value is -1.64. The van der Waals surface area contributed by atoms with Gasteiger partial charge < -0.3 is 5.73 Å². The van der Waals surface area contributed by atoms with Crippen LogP contribution >= 0.6 is 0 Å². The number of benzene rings is 1. The van der Waals surface area contributed by atoms with Gasteiger partial charge in [-0.05, 0) is 24.6 Å². The third-order valence-corrected chi connectivity index (χ3v) is 1.68. The normalized spacial score (nSPS) is 9.42. The van der Waals surface area contributed by atoms with E-state index in [4.69, 9.17) is 5.73 Å². The van der Waals surface area contributed by atoms with Crippen molar-refractivity contribution in [1.29, 1.82) is 0 Å². The molecule has 12 heavy (non-hydrogen) atoms. The molecular weight excluding hydrogens is 154 g/mol. The van der Waals surface area contributed by atoms with Gasteiger partial charge in [0.15, 0.2) is 0 Å². The number of aldehydes is 1. The van der Waals surface area contributed by atoms with Crippen LogP contribution in [0.1, 0.15) is 26.3 Å². The van der Waals surface area contributed by atoms with Gasteiger partial charge in [-0.2, -0.15) is 0 Å². The topological polar surface area (TPSA) is 60.2 Å². The number of carbonyl (C=O) groups excluding carboxylic acids is 2. The third-order valence-electron chi connectivity index (χ3n) is 1.68. The minimum atomic E-state index is -0.476. The number of rotatable bonds is 2. The highest BCUT2D eigenvalue weighted by atomic mass is 16.1. The quantitative estimate of drug-likeness (QED) is 0.658. The lowest BCUT2D eigenvalue weighted by Crippen LogP contribution is -2.11. The van der Waals surface area contributed by atoms with Crippen molar-refractivity contribution in [3.05, 3.63) is 34.9 Å². The fourth-order valence-electron chi connectivity index (χ4n) is 0.961. The summed E-state index contributed by atoms with van der Waals surface area (Å²) in [7, 11) is 0. The molecule has 1 rings (SSSR count). The number of amides is 1. The summed E-state index contributed by atoms with van der Waals surface area (Å²) in [5.74, 6) is -0.476. The molecule has 0 aliphatic rings. The van der Waals surface area contributed by atoms with Crippen molar-refractivity contribution in [2.75, 3.05) is 0 Å². The fourth-order valence-corrected chi connectivity index (χ4v) is 0.961. The molecule has 0 unspecified atom stereocenters. The summed E-state index contributed by atoms with van der Waals surface area (Å²) < 4.78 is 0. The number of nitrogens with two attached hydrogens (primary N) is 1. The first-order chi connectivity index (χ1) is 5.65. The molecule has 1 aromatic carbocycles. The zero-order valence-electron chi connectivity index (χ0n) is 6.70. The molecule has 0 atom stereocenters. The van der Waals surface area contributed by atoms with Crippen molar-refractivity contribution < 1.29 is 9.59 Å². The van der Waals surface area contributed by atoms with E-state index in [1.54, 1.807) is 25.1 Å². The minimum Gasteiger partial charge on any atom is -0.366 e. The van der Waals surface area contributed by atoms with Gasteiger partial charge in [0.05, 0.1) is 0 Å². The van der Waals surface area contributed by atoms with E-state index < -0.39 is 5.91 Å². The zero-order chi connectivity index (χ0) is 9.14. The van der Waals surface area contributed by atoms with Gasteiger partial charge in [0.25, 0.3) is 0 Å². The van der Waals surface area contributed by atoms with Gasteiger partial charge in [0.2, 0.25) is 5.91 Å². The Balaban J connectivity index is 3.18. The zero-order valence-corrected chi connectivity index (χ0v) is 6.70. The molecule has 0 aliphatic carbocycles. The summed E-state index contributed by atoms with van der Waals surface area (Å²) in [6.45, 7) is 1.76. The summed E-state index contributed by atoms with van der Waals surface area (Å²) in [4.78, 5) is 21.1. The summed E-state index contributed by atoms with van der Waals surface area (Å²) in [6, 6.07) is 4.73. The Labute approximate surface area is 70.2 Å². The number of hydrogen-bond donors (Lipinski definition) is 1. The first-order valence-corrected chi connectivity index (χ1v) is 3.51. The van der Waals surface area contributed by atoms with Crippen molar-refractivity contribution in [2.24, 2.45) is 5.73 Å². The van der Waals surface area contributed by atoms with Gasteiger partial charge in [-0.1, -0.05) is 6.07 Å². The highest BCUT2D eigenvalue weighted by Crippen LogP contribution is 2.08. The minimum absolute atomic E-state index is 0.429. The molecule has 0 aromatic heterocycles. The largest absolute Gasteiger partial charge is 0.366 e. The molecule has 0 fully saturated rings. The van der Waals surface area contributed by atoms with E-state index in [0.717, 1.165) is 11.8 Å². The van der Waals surface area contributed by atoms with Gasteiger partial charge in [-0.3, -0.25) is 9.59 Å². The molecule has 1 amide bonds. The molecule has 0 saturated heterocycles. The SMILES string of the molecule is Cc1cc(C(N)=O)ccc1C=O. The number of carbonyl (C=O) groups is 2. The molecule has 0 bridgehead atoms. The second kappa shape index (κ2) is 3.17. The maximum Gasteiger partial charge on any atom is 0.248 e. The van der Waals surface area contributed by atoms with Crippen LogP contribution in [0.3, 0.4) is 0 Å². The number of primary amides is 1. The summed E-state index contributed by atoms with van der Waals surface area (Å²) in [6.07, 6.45) is 0.750. The molecule has 0 saturated carbocycles. The van der Waals surface area contributed by atoms with Crippen LogP contribution in [0.2, 0.25) is 0 Å². The molecule has 3 nitrogen and oxygen atoms in total. The Bertz CT molecular complexity index is 331. The smallest absolute Gasteiger partial charge is 0.248 e. The van der Waals surface area contributed by atoms with Crippen LogP contribution < -0.4 is 5.73 Å². The molecule has 0 spiro atoms. The maximum absolute atomic E-state index is 10.7. The maximum atomic E-state index is 10.7. The van der Waals surface area contributed by atoms with E-state index in [1.165, 1.54) is 0 Å². The van der Waals surface area contributed by atoms with E-state index >= 15 is 0 Å². The lowest BCUT2D eigenvalue weighted by atomic mass is 10.1. The van der Waals surface area contributed by atoms with Crippen LogP contribution in [-0.4, -0.2) is 12.2 Å². The van der Waals surface area contributed by atoms with Crippen molar-refractivity contribution in [3.63, 3.8) is 0 Å². The second-order valence-corrected chi connectivity index (χ2v) is 2.55. The summed E-state index contributed by atoms with van der Waals surface area (Å²) >= 11 is 0. The van der Waals surface area contributed by atoms with Crippen LogP contribution in [0.15, 0.2) is 18.2 Å². The van der Waals surface area contributed by atoms with Crippen LogP contribution in [0.5, 0.6) is 0 Å². The predicted molar refractivity (Wildman–Crippen MR) is 45.1 cm³/mol. The molecule has 0 heterocycles. The Morgan fingerprint density at radius 1 is 1.50 bits per heavy atom. The predicted octanol–water partition coefficient (Wildman–Crippen LogP) is 0.906. The van der Waals surface area contributed by atoms with E-state index in [2.05, 4.69) is 0 Å². The molecule has 62 valence electrons. The van der Waals surface area contributed by atoms with Crippen molar-refractivity contribution in [3.8, 4) is 0 Å². The second-order valence-electron chi connectivity index (χ2n) is 2.55. The molecule has 3 heteroatoms. The van der Waals surface area contributed by atoms with Gasteiger partial charge >= 0.3 is 0 Å². The number of aryl methyl sites for hydroxylation is 1. The van der Waals surface area contributed by atoms with Gasteiger partial charge in [-0.25, -0.2) is 0 Å². The summed E-state index contributed by atoms with van der Waals surface area (Å²) in [5.41, 5.74) is 6.82. The van der Waals surface area contributed by atoms with Crippen molar-refractivity contribution in [2.45, 2.75) is 6.92 Å². The molecule has 2 N–H and O–H groups in total. The van der Waals surface area contributed by atoms with E-state index in [1.807, 2.05) is 0 Å². The van der Waals surface area contributed by atoms with Crippen LogP contribution in [-0.2, 0) is 0 Å². The Morgan fingerprint density at radius 2 is 2.17 bits per heavy atom. The molecule has 1 aromatic rings. The monoisotopic (exact) mass is 163 g/mol. The highest BCUT2D eigenvalue weighted by Gasteiger charge is 2.02. The van der Waals surface area contributed by atoms with E-state index in [0.29, 0.717) is 11.1 Å². The van der Waals surface area contributed by atoms with E-state index in [-0.39, 0.29) is 0 Å². The molecule has 0 aliphatic heterocycles. The average Bonchev–Trinajstić information content (AvgIpc) is 2.04. The van der Waals surface area contributed by atoms with Crippen LogP contribution in [0.25, 0.3) is 0 Å². The van der Waals surface area contributed by atoms with Crippen molar-refractivity contribution in [1.82, 2.24) is 0 Å². The van der Waals surface area contributed by atoms with E-state index in [9.17, 15) is 9.59 Å². The number of hydrogen-bond acceptors (Lipinski definition) is 2. The molecular formula is C9H9NO2. The van der Waals surface area contributed by atoms with Crippen LogP contribution in [0, 0.1) is 6.92 Å². The first-order valence-electron chi connectivity index (χ1n) is 3.51.